The van der Waals surface area contributed by atoms with E-state index in [0.717, 1.165) is 33.6 Å². The molecule has 0 saturated heterocycles. The van der Waals surface area contributed by atoms with Gasteiger partial charge >= 0.3 is 0 Å². The van der Waals surface area contributed by atoms with E-state index < -0.39 is 6.23 Å². The normalized spacial score (nSPS) is 18.8. The summed E-state index contributed by atoms with van der Waals surface area (Å²) in [7, 11) is 3.83. The fourth-order valence-corrected chi connectivity index (χ4v) is 5.81. The van der Waals surface area contributed by atoms with Gasteiger partial charge in [-0.2, -0.15) is 0 Å². The molecule has 3 aromatic carbocycles. The molecule has 0 aromatic heterocycles. The van der Waals surface area contributed by atoms with Crippen molar-refractivity contribution in [2.24, 2.45) is 15.9 Å². The largest absolute Gasteiger partial charge is 0.496 e. The summed E-state index contributed by atoms with van der Waals surface area (Å²) >= 11 is 6.45. The number of hydroxylamine groups is 1. The molecule has 0 saturated carbocycles. The van der Waals surface area contributed by atoms with Gasteiger partial charge in [-0.15, -0.1) is 0 Å². The fraction of sp³-hybridized carbons (Fsp3) is 0.459. The minimum absolute atomic E-state index is 0.0291. The zero-order valence-corrected chi connectivity index (χ0v) is 29.2. The number of likely N-dealkylation sites (N-methyl/N-ethyl adjacent to an activating group) is 1. The molecule has 6 nitrogen and oxygen atoms in total. The van der Waals surface area contributed by atoms with Crippen molar-refractivity contribution < 1.29 is 9.57 Å². The third kappa shape index (κ3) is 6.52. The van der Waals surface area contributed by atoms with Crippen LogP contribution in [0.3, 0.4) is 0 Å². The highest BCUT2D eigenvalue weighted by Gasteiger charge is 2.47. The fourth-order valence-electron chi connectivity index (χ4n) is 5.50. The van der Waals surface area contributed by atoms with Crippen LogP contribution >= 0.6 is 11.6 Å². The Morgan fingerprint density at radius 1 is 1.00 bits per heavy atom. The lowest BCUT2D eigenvalue weighted by molar-refractivity contribution is 0.0362. The molecule has 7 heteroatoms. The number of rotatable bonds is 5. The lowest BCUT2D eigenvalue weighted by atomic mass is 9.83. The molecule has 2 aliphatic heterocycles. The third-order valence-corrected chi connectivity index (χ3v) is 9.42. The second-order valence-electron chi connectivity index (χ2n) is 14.0. The van der Waals surface area contributed by atoms with Gasteiger partial charge in [0.15, 0.2) is 5.84 Å². The molecule has 44 heavy (non-hydrogen) atoms. The smallest absolute Gasteiger partial charge is 0.206 e. The average Bonchev–Trinajstić information content (AvgIpc) is 3.50. The summed E-state index contributed by atoms with van der Waals surface area (Å²) in [6, 6.07) is 20.4. The van der Waals surface area contributed by atoms with Crippen molar-refractivity contribution in [1.82, 2.24) is 10.4 Å². The SMILES string of the molecule is CC(C)C1=NC(C)(C)C(C)(C)N1C.COc1c(-c2ccccc2)cc(C(C)(C)C)cc1C1N=C(c2c(C)cccc2Cl)NO1. The average molecular weight is 617 g/mol. The van der Waals surface area contributed by atoms with Crippen molar-refractivity contribution in [3.8, 4) is 16.9 Å². The summed E-state index contributed by atoms with van der Waals surface area (Å²) in [4.78, 5) is 17.9. The van der Waals surface area contributed by atoms with Gasteiger partial charge in [0, 0.05) is 29.7 Å². The van der Waals surface area contributed by atoms with Crippen LogP contribution in [-0.2, 0) is 10.3 Å². The highest BCUT2D eigenvalue weighted by molar-refractivity contribution is 6.34. The molecule has 0 bridgehead atoms. The predicted octanol–water partition coefficient (Wildman–Crippen LogP) is 9.15. The van der Waals surface area contributed by atoms with E-state index in [0.29, 0.717) is 16.8 Å². The molecule has 5 rings (SSSR count). The maximum Gasteiger partial charge on any atom is 0.206 e. The summed E-state index contributed by atoms with van der Waals surface area (Å²) in [6.45, 7) is 21.9. The van der Waals surface area contributed by atoms with Gasteiger partial charge in [-0.05, 0) is 74.9 Å². The molecule has 2 heterocycles. The Kier molecular flexibility index (Phi) is 9.58. The minimum atomic E-state index is -0.551. The van der Waals surface area contributed by atoms with Crippen LogP contribution in [-0.4, -0.2) is 41.8 Å². The number of nitrogens with zero attached hydrogens (tertiary/aromatic N) is 3. The lowest BCUT2D eigenvalue weighted by Crippen LogP contribution is -2.51. The first-order valence-electron chi connectivity index (χ1n) is 15.4. The second kappa shape index (κ2) is 12.6. The van der Waals surface area contributed by atoms with Crippen LogP contribution < -0.4 is 10.2 Å². The Labute approximate surface area is 269 Å². The first-order valence-corrected chi connectivity index (χ1v) is 15.7. The van der Waals surface area contributed by atoms with Crippen molar-refractivity contribution in [3.05, 3.63) is 87.9 Å². The molecule has 1 N–H and O–H groups in total. The van der Waals surface area contributed by atoms with Crippen molar-refractivity contribution in [3.63, 3.8) is 0 Å². The number of methoxy groups -OCH3 is 1. The number of benzene rings is 3. The number of aryl methyl sites for hydroxylation is 1. The van der Waals surface area contributed by atoms with E-state index >= 15 is 0 Å². The van der Waals surface area contributed by atoms with Gasteiger partial charge in [-0.1, -0.05) is 88.7 Å². The van der Waals surface area contributed by atoms with Crippen molar-refractivity contribution >= 4 is 23.3 Å². The molecular formula is C37H49ClN4O2. The standard InChI is InChI=1S/C26H27ClN2O2.C11H22N2/c1-16-10-9-13-21(27)22(16)24-28-25(31-29-24)20-15-18(26(2,3)4)14-19(23(20)30-5)17-11-7-6-8-12-17;1-8(2)9-12-10(3,4)11(5,6)13(9)7/h6-15,25H,1-5H3,(H,28,29);8H,1-7H3. The van der Waals surface area contributed by atoms with Crippen LogP contribution in [0.5, 0.6) is 5.75 Å². The maximum absolute atomic E-state index is 6.45. The Hall–Kier alpha value is -3.35. The van der Waals surface area contributed by atoms with E-state index in [1.807, 2.05) is 43.3 Å². The molecule has 3 aromatic rings. The molecule has 0 amide bonds. The zero-order valence-electron chi connectivity index (χ0n) is 28.5. The molecule has 1 atom stereocenters. The van der Waals surface area contributed by atoms with Gasteiger partial charge in [-0.25, -0.2) is 15.3 Å². The number of aliphatic imine (C=N–C) groups is 2. The van der Waals surface area contributed by atoms with Crippen molar-refractivity contribution in [1.29, 1.82) is 0 Å². The molecule has 2 aliphatic rings. The zero-order chi connectivity index (χ0) is 32.6. The summed E-state index contributed by atoms with van der Waals surface area (Å²) in [5.41, 5.74) is 9.13. The summed E-state index contributed by atoms with van der Waals surface area (Å²) in [5.74, 6) is 3.13. The van der Waals surface area contributed by atoms with Gasteiger partial charge in [0.05, 0.1) is 23.2 Å². The van der Waals surface area contributed by atoms with Crippen LogP contribution in [0, 0.1) is 12.8 Å². The van der Waals surface area contributed by atoms with Gasteiger partial charge < -0.3 is 9.64 Å². The minimum Gasteiger partial charge on any atom is -0.496 e. The molecule has 0 spiro atoms. The Balaban J connectivity index is 0.000000285. The topological polar surface area (TPSA) is 58.5 Å². The number of halogens is 1. The molecular weight excluding hydrogens is 568 g/mol. The number of nitrogens with one attached hydrogen (secondary N) is 1. The quantitative estimate of drug-likeness (QED) is 0.310. The van der Waals surface area contributed by atoms with Crippen LogP contribution in [0.1, 0.15) is 90.8 Å². The molecule has 0 aliphatic carbocycles. The van der Waals surface area contributed by atoms with Crippen molar-refractivity contribution in [2.75, 3.05) is 14.2 Å². The predicted molar refractivity (Wildman–Crippen MR) is 185 cm³/mol. The van der Waals surface area contributed by atoms with Gasteiger partial charge in [0.25, 0.3) is 0 Å². The van der Waals surface area contributed by atoms with Crippen LogP contribution in [0.2, 0.25) is 5.02 Å². The van der Waals surface area contributed by atoms with Gasteiger partial charge in [0.1, 0.15) is 11.6 Å². The van der Waals surface area contributed by atoms with Crippen molar-refractivity contribution in [2.45, 2.75) is 92.0 Å². The number of amidine groups is 2. The molecule has 0 fully saturated rings. The summed E-state index contributed by atoms with van der Waals surface area (Å²) < 4.78 is 5.90. The first-order chi connectivity index (χ1) is 20.5. The molecule has 1 unspecified atom stereocenters. The maximum atomic E-state index is 6.45. The molecule has 236 valence electrons. The van der Waals surface area contributed by atoms with Gasteiger partial charge in [-0.3, -0.25) is 4.99 Å². The van der Waals surface area contributed by atoms with Gasteiger partial charge in [0.2, 0.25) is 6.23 Å². The third-order valence-electron chi connectivity index (χ3n) is 9.10. The van der Waals surface area contributed by atoms with Crippen LogP contribution in [0.4, 0.5) is 0 Å². The Morgan fingerprint density at radius 2 is 1.66 bits per heavy atom. The lowest BCUT2D eigenvalue weighted by Gasteiger charge is -2.39. The van der Waals surface area contributed by atoms with Crippen LogP contribution in [0.15, 0.2) is 70.6 Å². The van der Waals surface area contributed by atoms with E-state index in [1.54, 1.807) is 7.11 Å². The van der Waals surface area contributed by atoms with Crippen LogP contribution in [0.25, 0.3) is 11.1 Å². The monoisotopic (exact) mass is 616 g/mol. The van der Waals surface area contributed by atoms with E-state index in [1.165, 1.54) is 11.4 Å². The van der Waals surface area contributed by atoms with E-state index in [2.05, 4.69) is 104 Å². The van der Waals surface area contributed by atoms with E-state index in [9.17, 15) is 0 Å². The van der Waals surface area contributed by atoms with E-state index in [-0.39, 0.29) is 16.5 Å². The first kappa shape index (κ1) is 33.5. The Bertz CT molecular complexity index is 1530. The number of ether oxygens (including phenoxy) is 1. The Morgan fingerprint density at radius 3 is 2.16 bits per heavy atom. The highest BCUT2D eigenvalue weighted by atomic mass is 35.5. The summed E-state index contributed by atoms with van der Waals surface area (Å²) in [5, 5.41) is 0.635. The number of hydrogen-bond donors (Lipinski definition) is 1. The summed E-state index contributed by atoms with van der Waals surface area (Å²) in [6.07, 6.45) is -0.551. The molecule has 0 radical (unpaired) electrons. The van der Waals surface area contributed by atoms with E-state index in [4.69, 9.17) is 31.2 Å². The number of hydrogen-bond acceptors (Lipinski definition) is 6. The second-order valence-corrected chi connectivity index (χ2v) is 14.5. The highest BCUT2D eigenvalue weighted by Crippen LogP contribution is 2.43.